The van der Waals surface area contributed by atoms with Crippen molar-refractivity contribution in [1.29, 1.82) is 0 Å². The first-order valence-electron chi connectivity index (χ1n) is 10.9. The van der Waals surface area contributed by atoms with Gasteiger partial charge in [-0.1, -0.05) is 29.8 Å². The standard InChI is InChI=1S/C26H23ClN4O4S/c1-17-16-24(18(2)31(17)22-6-4-3-5-7-22)26(33)29-28-25(32)19-8-14-23(15-9-19)36(34,35)30-21-12-10-20(27)11-13-21/h3-16,30H,1-2H3,(H,28,32)(H,29,33). The van der Waals surface area contributed by atoms with Crippen LogP contribution in [0.2, 0.25) is 5.02 Å². The minimum absolute atomic E-state index is 0.0219. The van der Waals surface area contributed by atoms with Crippen molar-refractivity contribution in [2.24, 2.45) is 0 Å². The van der Waals surface area contributed by atoms with Crippen molar-refractivity contribution < 1.29 is 18.0 Å². The molecule has 0 bridgehead atoms. The van der Waals surface area contributed by atoms with Crippen LogP contribution in [0.1, 0.15) is 32.1 Å². The fraction of sp³-hybridized carbons (Fsp3) is 0.0769. The molecule has 1 aromatic heterocycles. The van der Waals surface area contributed by atoms with Crippen molar-refractivity contribution in [2.75, 3.05) is 4.72 Å². The van der Waals surface area contributed by atoms with Crippen LogP contribution in [0.15, 0.2) is 89.8 Å². The number of aromatic nitrogens is 1. The molecule has 0 aliphatic heterocycles. The van der Waals surface area contributed by atoms with Gasteiger partial charge in [0.2, 0.25) is 0 Å². The van der Waals surface area contributed by atoms with Gasteiger partial charge in [-0.15, -0.1) is 0 Å². The first-order chi connectivity index (χ1) is 17.2. The van der Waals surface area contributed by atoms with Crippen LogP contribution in [0.4, 0.5) is 5.69 Å². The first-order valence-corrected chi connectivity index (χ1v) is 12.8. The molecule has 1 heterocycles. The number of nitrogens with zero attached hydrogens (tertiary/aromatic N) is 1. The van der Waals surface area contributed by atoms with Crippen LogP contribution in [0, 0.1) is 13.8 Å². The normalized spacial score (nSPS) is 11.1. The lowest BCUT2D eigenvalue weighted by atomic mass is 10.2. The summed E-state index contributed by atoms with van der Waals surface area (Å²) < 4.78 is 29.6. The van der Waals surface area contributed by atoms with Gasteiger partial charge in [0.05, 0.1) is 10.5 Å². The number of benzene rings is 3. The molecule has 0 unspecified atom stereocenters. The number of rotatable bonds is 6. The van der Waals surface area contributed by atoms with Crippen molar-refractivity contribution >= 4 is 39.1 Å². The third-order valence-electron chi connectivity index (χ3n) is 5.50. The van der Waals surface area contributed by atoms with E-state index in [1.165, 1.54) is 24.3 Å². The van der Waals surface area contributed by atoms with Crippen LogP contribution in [-0.4, -0.2) is 24.8 Å². The fourth-order valence-electron chi connectivity index (χ4n) is 3.74. The molecule has 184 valence electrons. The van der Waals surface area contributed by atoms with E-state index < -0.39 is 21.8 Å². The minimum Gasteiger partial charge on any atom is -0.318 e. The number of sulfonamides is 1. The van der Waals surface area contributed by atoms with Gasteiger partial charge in [-0.2, -0.15) is 0 Å². The molecule has 4 rings (SSSR count). The molecule has 3 aromatic carbocycles. The Labute approximate surface area is 213 Å². The van der Waals surface area contributed by atoms with Crippen molar-refractivity contribution in [3.05, 3.63) is 112 Å². The van der Waals surface area contributed by atoms with Gasteiger partial charge in [0.1, 0.15) is 0 Å². The van der Waals surface area contributed by atoms with Gasteiger partial charge >= 0.3 is 0 Å². The molecule has 36 heavy (non-hydrogen) atoms. The smallest absolute Gasteiger partial charge is 0.271 e. The summed E-state index contributed by atoms with van der Waals surface area (Å²) in [5.74, 6) is -1.06. The van der Waals surface area contributed by atoms with Gasteiger partial charge in [-0.3, -0.25) is 25.2 Å². The Bertz CT molecular complexity index is 1510. The third kappa shape index (κ3) is 5.42. The van der Waals surface area contributed by atoms with Crippen molar-refractivity contribution in [3.8, 4) is 5.69 Å². The molecule has 0 aliphatic rings. The van der Waals surface area contributed by atoms with Gasteiger partial charge in [-0.05, 0) is 80.6 Å². The number of amides is 2. The summed E-state index contributed by atoms with van der Waals surface area (Å²) in [6.07, 6.45) is 0. The van der Waals surface area contributed by atoms with Gasteiger partial charge in [-0.25, -0.2) is 8.42 Å². The van der Waals surface area contributed by atoms with Gasteiger partial charge in [0, 0.05) is 33.3 Å². The molecule has 3 N–H and O–H groups in total. The summed E-state index contributed by atoms with van der Waals surface area (Å²) in [4.78, 5) is 25.3. The fourth-order valence-corrected chi connectivity index (χ4v) is 4.92. The zero-order chi connectivity index (χ0) is 25.9. The highest BCUT2D eigenvalue weighted by molar-refractivity contribution is 7.92. The Hall–Kier alpha value is -4.08. The van der Waals surface area contributed by atoms with E-state index in [9.17, 15) is 18.0 Å². The quantitative estimate of drug-likeness (QED) is 0.321. The van der Waals surface area contributed by atoms with E-state index in [4.69, 9.17) is 11.6 Å². The second-order valence-corrected chi connectivity index (χ2v) is 10.1. The largest absolute Gasteiger partial charge is 0.318 e. The molecule has 0 radical (unpaired) electrons. The summed E-state index contributed by atoms with van der Waals surface area (Å²) in [6, 6.07) is 22.9. The zero-order valence-electron chi connectivity index (χ0n) is 19.4. The Balaban J connectivity index is 1.41. The predicted molar refractivity (Wildman–Crippen MR) is 139 cm³/mol. The number of halogens is 1. The van der Waals surface area contributed by atoms with Crippen LogP contribution >= 0.6 is 11.6 Å². The van der Waals surface area contributed by atoms with Crippen LogP contribution < -0.4 is 15.6 Å². The van der Waals surface area contributed by atoms with E-state index >= 15 is 0 Å². The SMILES string of the molecule is Cc1cc(C(=O)NNC(=O)c2ccc(S(=O)(=O)Nc3ccc(Cl)cc3)cc2)c(C)n1-c1ccccc1. The summed E-state index contributed by atoms with van der Waals surface area (Å²) in [7, 11) is -3.86. The first kappa shape index (κ1) is 25.0. The second-order valence-electron chi connectivity index (χ2n) is 8.00. The summed E-state index contributed by atoms with van der Waals surface area (Å²) in [6.45, 7) is 3.72. The molecule has 4 aromatic rings. The topological polar surface area (TPSA) is 109 Å². The average Bonchev–Trinajstić information content (AvgIpc) is 3.18. The van der Waals surface area contributed by atoms with E-state index in [1.807, 2.05) is 48.7 Å². The van der Waals surface area contributed by atoms with Crippen molar-refractivity contribution in [3.63, 3.8) is 0 Å². The van der Waals surface area contributed by atoms with E-state index in [0.29, 0.717) is 16.3 Å². The molecule has 0 atom stereocenters. The summed E-state index contributed by atoms with van der Waals surface area (Å²) in [5, 5.41) is 0.486. The average molecular weight is 523 g/mol. The Morgan fingerprint density at radius 3 is 2.06 bits per heavy atom. The van der Waals surface area contributed by atoms with Crippen LogP contribution in [-0.2, 0) is 10.0 Å². The summed E-state index contributed by atoms with van der Waals surface area (Å²) in [5.41, 5.74) is 8.28. The highest BCUT2D eigenvalue weighted by Crippen LogP contribution is 2.21. The number of para-hydroxylation sites is 1. The number of carbonyl (C=O) groups excluding carboxylic acids is 2. The minimum atomic E-state index is -3.86. The highest BCUT2D eigenvalue weighted by Gasteiger charge is 2.18. The third-order valence-corrected chi connectivity index (χ3v) is 7.15. The number of anilines is 1. The molecule has 0 spiro atoms. The molecule has 0 saturated heterocycles. The van der Waals surface area contributed by atoms with Crippen LogP contribution in [0.3, 0.4) is 0 Å². The van der Waals surface area contributed by atoms with Gasteiger partial charge in [0.15, 0.2) is 0 Å². The molecule has 8 nitrogen and oxygen atoms in total. The Morgan fingerprint density at radius 1 is 0.806 bits per heavy atom. The Morgan fingerprint density at radius 2 is 1.42 bits per heavy atom. The van der Waals surface area contributed by atoms with E-state index in [-0.39, 0.29) is 10.5 Å². The van der Waals surface area contributed by atoms with Crippen LogP contribution in [0.25, 0.3) is 5.69 Å². The molecule has 10 heteroatoms. The highest BCUT2D eigenvalue weighted by atomic mass is 35.5. The second kappa shape index (κ2) is 10.3. The molecular formula is C26H23ClN4O4S. The molecule has 2 amide bonds. The molecule has 0 saturated carbocycles. The number of hydrogen-bond acceptors (Lipinski definition) is 4. The van der Waals surface area contributed by atoms with E-state index in [2.05, 4.69) is 15.6 Å². The van der Waals surface area contributed by atoms with Crippen LogP contribution in [0.5, 0.6) is 0 Å². The lowest BCUT2D eigenvalue weighted by Crippen LogP contribution is -2.41. The number of hydrogen-bond donors (Lipinski definition) is 3. The monoisotopic (exact) mass is 522 g/mol. The molecular weight excluding hydrogens is 500 g/mol. The van der Waals surface area contributed by atoms with Crippen molar-refractivity contribution in [2.45, 2.75) is 18.7 Å². The van der Waals surface area contributed by atoms with Gasteiger partial charge in [0.25, 0.3) is 21.8 Å². The zero-order valence-corrected chi connectivity index (χ0v) is 21.0. The number of aryl methyl sites for hydroxylation is 1. The lowest BCUT2D eigenvalue weighted by Gasteiger charge is -2.11. The number of carbonyl (C=O) groups is 2. The maximum Gasteiger partial charge on any atom is 0.271 e. The lowest BCUT2D eigenvalue weighted by molar-refractivity contribution is 0.0846. The maximum absolute atomic E-state index is 12.7. The number of nitrogens with one attached hydrogen (secondary N) is 3. The van der Waals surface area contributed by atoms with E-state index in [1.54, 1.807) is 30.3 Å². The van der Waals surface area contributed by atoms with Crippen molar-refractivity contribution in [1.82, 2.24) is 15.4 Å². The molecule has 0 fully saturated rings. The predicted octanol–water partition coefficient (Wildman–Crippen LogP) is 4.62. The number of hydrazine groups is 1. The Kier molecular flexibility index (Phi) is 7.14. The van der Waals surface area contributed by atoms with E-state index in [0.717, 1.165) is 17.1 Å². The summed E-state index contributed by atoms with van der Waals surface area (Å²) >= 11 is 5.83. The maximum atomic E-state index is 12.7. The van der Waals surface area contributed by atoms with Gasteiger partial charge < -0.3 is 4.57 Å². The molecule has 0 aliphatic carbocycles.